The monoisotopic (exact) mass is 271 g/mol. The van der Waals surface area contributed by atoms with Crippen molar-refractivity contribution in [2.45, 2.75) is 12.8 Å². The number of benzene rings is 2. The average Bonchev–Trinajstić information content (AvgIpc) is 3.01. The first-order valence-electron chi connectivity index (χ1n) is 6.86. The lowest BCUT2D eigenvalue weighted by Crippen LogP contribution is -2.29. The fourth-order valence-electron chi connectivity index (χ4n) is 2.40. The number of hydrogen-bond donors (Lipinski definition) is 0. The number of rotatable bonds is 3. The lowest BCUT2D eigenvalue weighted by molar-refractivity contribution is 0.0392. The quantitative estimate of drug-likeness (QED) is 0.803. The summed E-state index contributed by atoms with van der Waals surface area (Å²) >= 11 is 0. The second-order valence-electron chi connectivity index (χ2n) is 4.88. The molecule has 20 heavy (non-hydrogen) atoms. The van der Waals surface area contributed by atoms with Crippen LogP contribution in [0.25, 0.3) is 10.8 Å². The highest BCUT2D eigenvalue weighted by Gasteiger charge is 2.18. The minimum atomic E-state index is -0.289. The standard InChI is InChI=1S/C16H17NO3/c18-16(17-9-3-4-10-17)20-12-19-15-8-7-13-5-1-2-6-14(13)11-15/h1-2,5-8,11H,3-4,9-10,12H2. The Morgan fingerprint density at radius 2 is 1.80 bits per heavy atom. The van der Waals surface area contributed by atoms with E-state index in [4.69, 9.17) is 9.47 Å². The molecule has 1 amide bonds. The van der Waals surface area contributed by atoms with Gasteiger partial charge >= 0.3 is 6.09 Å². The van der Waals surface area contributed by atoms with Gasteiger partial charge in [0.05, 0.1) is 0 Å². The summed E-state index contributed by atoms with van der Waals surface area (Å²) in [6, 6.07) is 13.9. The first kappa shape index (κ1) is 12.8. The van der Waals surface area contributed by atoms with Gasteiger partial charge in [-0.2, -0.15) is 0 Å². The van der Waals surface area contributed by atoms with Gasteiger partial charge in [0.2, 0.25) is 6.79 Å². The van der Waals surface area contributed by atoms with Crippen LogP contribution in [0.5, 0.6) is 5.75 Å². The van der Waals surface area contributed by atoms with Crippen molar-refractivity contribution in [3.63, 3.8) is 0 Å². The molecule has 1 aliphatic heterocycles. The second-order valence-corrected chi connectivity index (χ2v) is 4.88. The summed E-state index contributed by atoms with van der Waals surface area (Å²) in [5, 5.41) is 2.27. The van der Waals surface area contributed by atoms with Crippen LogP contribution in [0.2, 0.25) is 0 Å². The van der Waals surface area contributed by atoms with Gasteiger partial charge in [-0.15, -0.1) is 0 Å². The number of carbonyl (C=O) groups is 1. The topological polar surface area (TPSA) is 38.8 Å². The Morgan fingerprint density at radius 3 is 2.60 bits per heavy atom. The van der Waals surface area contributed by atoms with Gasteiger partial charge in [0, 0.05) is 13.1 Å². The average molecular weight is 271 g/mol. The van der Waals surface area contributed by atoms with Crippen LogP contribution in [0.15, 0.2) is 42.5 Å². The molecule has 4 nitrogen and oxygen atoms in total. The van der Waals surface area contributed by atoms with E-state index in [2.05, 4.69) is 0 Å². The summed E-state index contributed by atoms with van der Waals surface area (Å²) in [5.74, 6) is 0.706. The molecule has 1 saturated heterocycles. The molecule has 0 aromatic heterocycles. The largest absolute Gasteiger partial charge is 0.457 e. The Labute approximate surface area is 117 Å². The van der Waals surface area contributed by atoms with Gasteiger partial charge in [-0.3, -0.25) is 0 Å². The van der Waals surface area contributed by atoms with Crippen LogP contribution in [-0.2, 0) is 4.74 Å². The van der Waals surface area contributed by atoms with E-state index in [1.807, 2.05) is 42.5 Å². The van der Waals surface area contributed by atoms with Gasteiger partial charge in [-0.25, -0.2) is 4.79 Å². The van der Waals surface area contributed by atoms with Crippen molar-refractivity contribution in [2.75, 3.05) is 19.9 Å². The van der Waals surface area contributed by atoms with Crippen LogP contribution < -0.4 is 4.74 Å². The molecular formula is C16H17NO3. The molecule has 2 aromatic rings. The van der Waals surface area contributed by atoms with E-state index >= 15 is 0 Å². The van der Waals surface area contributed by atoms with Gasteiger partial charge in [0.25, 0.3) is 0 Å². The molecule has 0 bridgehead atoms. The Bertz CT molecular complexity index is 605. The van der Waals surface area contributed by atoms with Crippen molar-refractivity contribution in [1.82, 2.24) is 4.90 Å². The summed E-state index contributed by atoms with van der Waals surface area (Å²) < 4.78 is 10.6. The van der Waals surface area contributed by atoms with Crippen LogP contribution in [0.4, 0.5) is 4.79 Å². The van der Waals surface area contributed by atoms with Crippen LogP contribution in [-0.4, -0.2) is 30.9 Å². The van der Waals surface area contributed by atoms with E-state index in [1.165, 1.54) is 0 Å². The first-order chi connectivity index (χ1) is 9.83. The highest BCUT2D eigenvalue weighted by Crippen LogP contribution is 2.20. The highest BCUT2D eigenvalue weighted by molar-refractivity contribution is 5.83. The summed E-state index contributed by atoms with van der Waals surface area (Å²) in [7, 11) is 0. The van der Waals surface area contributed by atoms with E-state index in [9.17, 15) is 4.79 Å². The van der Waals surface area contributed by atoms with Gasteiger partial charge in [0.1, 0.15) is 5.75 Å². The molecule has 104 valence electrons. The molecule has 3 rings (SSSR count). The van der Waals surface area contributed by atoms with Crippen LogP contribution >= 0.6 is 0 Å². The Morgan fingerprint density at radius 1 is 1.05 bits per heavy atom. The van der Waals surface area contributed by atoms with Crippen molar-refractivity contribution in [2.24, 2.45) is 0 Å². The van der Waals surface area contributed by atoms with Gasteiger partial charge in [-0.05, 0) is 35.7 Å². The maximum atomic E-state index is 11.7. The summed E-state index contributed by atoms with van der Waals surface area (Å²) in [6.45, 7) is 1.53. The molecular weight excluding hydrogens is 254 g/mol. The van der Waals surface area contributed by atoms with Gasteiger partial charge < -0.3 is 14.4 Å². The third-order valence-electron chi connectivity index (χ3n) is 3.49. The molecule has 0 unspecified atom stereocenters. The third kappa shape index (κ3) is 2.85. The Balaban J connectivity index is 1.55. The van der Waals surface area contributed by atoms with Crippen molar-refractivity contribution >= 4 is 16.9 Å². The fraction of sp³-hybridized carbons (Fsp3) is 0.312. The Hall–Kier alpha value is -2.23. The van der Waals surface area contributed by atoms with Crippen molar-refractivity contribution in [3.05, 3.63) is 42.5 Å². The number of carbonyl (C=O) groups excluding carboxylic acids is 1. The SMILES string of the molecule is O=C(OCOc1ccc2ccccc2c1)N1CCCC1. The number of amides is 1. The molecule has 0 saturated carbocycles. The minimum absolute atomic E-state index is 0.0479. The van der Waals surface area contributed by atoms with E-state index in [0.717, 1.165) is 36.7 Å². The predicted octanol–water partition coefficient (Wildman–Crippen LogP) is 3.41. The molecule has 0 spiro atoms. The van der Waals surface area contributed by atoms with Crippen LogP contribution in [0.1, 0.15) is 12.8 Å². The third-order valence-corrected chi connectivity index (χ3v) is 3.49. The zero-order valence-electron chi connectivity index (χ0n) is 11.2. The first-order valence-corrected chi connectivity index (χ1v) is 6.86. The fourth-order valence-corrected chi connectivity index (χ4v) is 2.40. The van der Waals surface area contributed by atoms with Crippen molar-refractivity contribution in [3.8, 4) is 5.75 Å². The maximum Gasteiger partial charge on any atom is 0.412 e. The van der Waals surface area contributed by atoms with E-state index in [1.54, 1.807) is 4.90 Å². The van der Waals surface area contributed by atoms with Gasteiger partial charge in [-0.1, -0.05) is 30.3 Å². The Kier molecular flexibility index (Phi) is 3.72. The summed E-state index contributed by atoms with van der Waals surface area (Å²) in [5.41, 5.74) is 0. The molecule has 2 aromatic carbocycles. The van der Waals surface area contributed by atoms with Crippen LogP contribution in [0.3, 0.4) is 0 Å². The normalized spacial score (nSPS) is 14.5. The van der Waals surface area contributed by atoms with E-state index in [0.29, 0.717) is 5.75 Å². The summed E-state index contributed by atoms with van der Waals surface area (Å²) in [6.07, 6.45) is 1.82. The number of fused-ring (bicyclic) bond motifs is 1. The second kappa shape index (κ2) is 5.82. The molecule has 1 aliphatic rings. The zero-order chi connectivity index (χ0) is 13.8. The van der Waals surface area contributed by atoms with Crippen molar-refractivity contribution < 1.29 is 14.3 Å². The number of hydrogen-bond acceptors (Lipinski definition) is 3. The highest BCUT2D eigenvalue weighted by atomic mass is 16.7. The molecule has 1 heterocycles. The molecule has 0 radical (unpaired) electrons. The lowest BCUT2D eigenvalue weighted by Gasteiger charge is -2.15. The lowest BCUT2D eigenvalue weighted by atomic mass is 10.1. The number of ether oxygens (including phenoxy) is 2. The molecule has 4 heteroatoms. The molecule has 1 fully saturated rings. The smallest absolute Gasteiger partial charge is 0.412 e. The zero-order valence-corrected chi connectivity index (χ0v) is 11.2. The van der Waals surface area contributed by atoms with Crippen LogP contribution in [0, 0.1) is 0 Å². The molecule has 0 N–H and O–H groups in total. The number of likely N-dealkylation sites (tertiary alicyclic amines) is 1. The van der Waals surface area contributed by atoms with Crippen molar-refractivity contribution in [1.29, 1.82) is 0 Å². The molecule has 0 aliphatic carbocycles. The minimum Gasteiger partial charge on any atom is -0.457 e. The maximum absolute atomic E-state index is 11.7. The van der Waals surface area contributed by atoms with E-state index in [-0.39, 0.29) is 12.9 Å². The van der Waals surface area contributed by atoms with E-state index < -0.39 is 0 Å². The summed E-state index contributed by atoms with van der Waals surface area (Å²) in [4.78, 5) is 13.4. The number of nitrogens with zero attached hydrogens (tertiary/aromatic N) is 1. The van der Waals surface area contributed by atoms with Gasteiger partial charge in [0.15, 0.2) is 0 Å². The predicted molar refractivity (Wildman–Crippen MR) is 76.7 cm³/mol. The molecule has 0 atom stereocenters.